The molecular weight excluding hydrogens is 362 g/mol. The van der Waals surface area contributed by atoms with Gasteiger partial charge in [-0.15, -0.1) is 11.3 Å². The lowest BCUT2D eigenvalue weighted by molar-refractivity contribution is 0.281. The van der Waals surface area contributed by atoms with Crippen molar-refractivity contribution in [1.82, 2.24) is 4.72 Å². The van der Waals surface area contributed by atoms with Crippen LogP contribution in [0, 0.1) is 6.92 Å². The molecule has 0 unspecified atom stereocenters. The Morgan fingerprint density at radius 2 is 2.15 bits per heavy atom. The Labute approximate surface area is 130 Å². The van der Waals surface area contributed by atoms with Crippen LogP contribution >= 0.6 is 27.3 Å². The molecule has 20 heavy (non-hydrogen) atoms. The highest BCUT2D eigenvalue weighted by atomic mass is 79.9. The van der Waals surface area contributed by atoms with E-state index in [2.05, 4.69) is 20.7 Å². The van der Waals surface area contributed by atoms with Crippen LogP contribution in [-0.4, -0.2) is 13.5 Å². The number of thiophene rings is 1. The highest BCUT2D eigenvalue weighted by Gasteiger charge is 2.19. The number of aliphatic hydroxyl groups excluding tert-OH is 1. The Balaban J connectivity index is 2.31. The molecule has 0 spiro atoms. The van der Waals surface area contributed by atoms with Crippen molar-refractivity contribution in [3.63, 3.8) is 0 Å². The van der Waals surface area contributed by atoms with E-state index in [1.165, 1.54) is 17.4 Å². The van der Waals surface area contributed by atoms with Gasteiger partial charge in [-0.1, -0.05) is 22.0 Å². The molecule has 0 saturated carbocycles. The van der Waals surface area contributed by atoms with Gasteiger partial charge in [-0.3, -0.25) is 0 Å². The minimum Gasteiger partial charge on any atom is -0.392 e. The average molecular weight is 376 g/mol. The SMILES string of the molecule is Cc1c(Br)cc(CO)cc1S(=O)(=O)NCc1cccs1. The van der Waals surface area contributed by atoms with Crippen molar-refractivity contribution in [3.05, 3.63) is 50.1 Å². The predicted molar refractivity (Wildman–Crippen MR) is 83.1 cm³/mol. The molecule has 0 amide bonds. The first-order valence-electron chi connectivity index (χ1n) is 5.86. The molecule has 108 valence electrons. The van der Waals surface area contributed by atoms with Gasteiger partial charge in [0.1, 0.15) is 0 Å². The number of aliphatic hydroxyl groups is 1. The molecule has 0 aliphatic heterocycles. The van der Waals surface area contributed by atoms with Gasteiger partial charge in [0.05, 0.1) is 11.5 Å². The van der Waals surface area contributed by atoms with Gasteiger partial charge in [-0.05, 0) is 41.6 Å². The average Bonchev–Trinajstić information content (AvgIpc) is 2.92. The molecular formula is C13H14BrNO3S2. The van der Waals surface area contributed by atoms with E-state index < -0.39 is 10.0 Å². The van der Waals surface area contributed by atoms with Crippen LogP contribution in [0.2, 0.25) is 0 Å². The molecule has 1 heterocycles. The monoisotopic (exact) mass is 375 g/mol. The zero-order chi connectivity index (χ0) is 14.8. The van der Waals surface area contributed by atoms with Crippen molar-refractivity contribution in [2.75, 3.05) is 0 Å². The summed E-state index contributed by atoms with van der Waals surface area (Å²) in [6.07, 6.45) is 0. The van der Waals surface area contributed by atoms with E-state index in [0.717, 1.165) is 4.88 Å². The van der Waals surface area contributed by atoms with Gasteiger partial charge >= 0.3 is 0 Å². The molecule has 2 N–H and O–H groups in total. The van der Waals surface area contributed by atoms with Crippen LogP contribution in [0.1, 0.15) is 16.0 Å². The van der Waals surface area contributed by atoms with E-state index in [-0.39, 0.29) is 18.0 Å². The maximum atomic E-state index is 12.4. The van der Waals surface area contributed by atoms with Gasteiger partial charge in [-0.25, -0.2) is 13.1 Å². The highest BCUT2D eigenvalue weighted by Crippen LogP contribution is 2.26. The van der Waals surface area contributed by atoms with Gasteiger partial charge in [0.25, 0.3) is 0 Å². The molecule has 1 aromatic carbocycles. The molecule has 4 nitrogen and oxygen atoms in total. The summed E-state index contributed by atoms with van der Waals surface area (Å²) in [7, 11) is -3.61. The quantitative estimate of drug-likeness (QED) is 0.844. The Morgan fingerprint density at radius 3 is 2.75 bits per heavy atom. The first-order valence-corrected chi connectivity index (χ1v) is 9.01. The minimum atomic E-state index is -3.61. The van der Waals surface area contributed by atoms with Crippen LogP contribution in [0.25, 0.3) is 0 Å². The second-order valence-electron chi connectivity index (χ2n) is 4.26. The summed E-state index contributed by atoms with van der Waals surface area (Å²) < 4.78 is 28.0. The fourth-order valence-electron chi connectivity index (χ4n) is 1.73. The molecule has 0 aliphatic carbocycles. The molecule has 2 aromatic rings. The molecule has 0 aliphatic rings. The topological polar surface area (TPSA) is 66.4 Å². The lowest BCUT2D eigenvalue weighted by Gasteiger charge is -2.12. The molecule has 0 bridgehead atoms. The Kier molecular flexibility index (Phi) is 4.98. The summed E-state index contributed by atoms with van der Waals surface area (Å²) in [4.78, 5) is 1.14. The summed E-state index contributed by atoms with van der Waals surface area (Å²) in [6.45, 7) is 1.79. The van der Waals surface area contributed by atoms with Crippen molar-refractivity contribution in [2.24, 2.45) is 0 Å². The largest absolute Gasteiger partial charge is 0.392 e. The number of halogens is 1. The lowest BCUT2D eigenvalue weighted by Crippen LogP contribution is -2.24. The van der Waals surface area contributed by atoms with Gasteiger partial charge in [0.2, 0.25) is 10.0 Å². The van der Waals surface area contributed by atoms with E-state index >= 15 is 0 Å². The third kappa shape index (κ3) is 3.48. The molecule has 0 radical (unpaired) electrons. The standard InChI is InChI=1S/C13H14BrNO3S2/c1-9-12(14)5-10(8-16)6-13(9)20(17,18)15-7-11-3-2-4-19-11/h2-6,15-16H,7-8H2,1H3. The zero-order valence-electron chi connectivity index (χ0n) is 10.8. The van der Waals surface area contributed by atoms with Gasteiger partial charge in [0.15, 0.2) is 0 Å². The van der Waals surface area contributed by atoms with E-state index in [9.17, 15) is 13.5 Å². The van der Waals surface area contributed by atoms with Crippen LogP contribution in [0.5, 0.6) is 0 Å². The molecule has 1 aromatic heterocycles. The number of nitrogens with one attached hydrogen (secondary N) is 1. The Morgan fingerprint density at radius 1 is 1.40 bits per heavy atom. The first-order chi connectivity index (χ1) is 9.44. The van der Waals surface area contributed by atoms with Crippen LogP contribution in [-0.2, 0) is 23.2 Å². The van der Waals surface area contributed by atoms with E-state index in [4.69, 9.17) is 0 Å². The zero-order valence-corrected chi connectivity index (χ0v) is 14.0. The van der Waals surface area contributed by atoms with Crippen LogP contribution in [0.3, 0.4) is 0 Å². The summed E-state index contributed by atoms with van der Waals surface area (Å²) in [5, 5.41) is 11.1. The minimum absolute atomic E-state index is 0.187. The highest BCUT2D eigenvalue weighted by molar-refractivity contribution is 9.10. The van der Waals surface area contributed by atoms with E-state index in [1.54, 1.807) is 13.0 Å². The smallest absolute Gasteiger partial charge is 0.241 e. The molecule has 0 saturated heterocycles. The normalized spacial score (nSPS) is 11.8. The van der Waals surface area contributed by atoms with Crippen LogP contribution in [0.15, 0.2) is 39.0 Å². The number of benzene rings is 1. The van der Waals surface area contributed by atoms with Gasteiger partial charge in [0, 0.05) is 15.9 Å². The number of rotatable bonds is 5. The van der Waals surface area contributed by atoms with Gasteiger partial charge < -0.3 is 5.11 Å². The van der Waals surface area contributed by atoms with Crippen molar-refractivity contribution < 1.29 is 13.5 Å². The fraction of sp³-hybridized carbons (Fsp3) is 0.231. The lowest BCUT2D eigenvalue weighted by atomic mass is 10.2. The predicted octanol–water partition coefficient (Wildman–Crippen LogP) is 2.79. The molecule has 0 atom stereocenters. The molecule has 2 rings (SSSR count). The van der Waals surface area contributed by atoms with Crippen molar-refractivity contribution in [3.8, 4) is 0 Å². The number of hydrogen-bond donors (Lipinski definition) is 2. The third-order valence-corrected chi connectivity index (χ3v) is 6.07. The summed E-state index contributed by atoms with van der Waals surface area (Å²) in [6, 6.07) is 6.97. The number of hydrogen-bond acceptors (Lipinski definition) is 4. The summed E-state index contributed by atoms with van der Waals surface area (Å²) >= 11 is 4.82. The van der Waals surface area contributed by atoms with E-state index in [1.807, 2.05) is 17.5 Å². The van der Waals surface area contributed by atoms with Crippen LogP contribution < -0.4 is 4.72 Å². The van der Waals surface area contributed by atoms with Gasteiger partial charge in [-0.2, -0.15) is 0 Å². The molecule has 0 fully saturated rings. The van der Waals surface area contributed by atoms with Crippen molar-refractivity contribution in [2.45, 2.75) is 25.0 Å². The first kappa shape index (κ1) is 15.7. The second-order valence-corrected chi connectivity index (χ2v) is 7.88. The second kappa shape index (κ2) is 6.36. The van der Waals surface area contributed by atoms with Crippen molar-refractivity contribution in [1.29, 1.82) is 0 Å². The third-order valence-electron chi connectivity index (χ3n) is 2.85. The summed E-state index contributed by atoms with van der Waals surface area (Å²) in [5.74, 6) is 0. The Bertz CT molecular complexity index is 697. The maximum absolute atomic E-state index is 12.4. The summed E-state index contributed by atoms with van der Waals surface area (Å²) in [5.41, 5.74) is 1.18. The fourth-order valence-corrected chi connectivity index (χ4v) is 4.43. The maximum Gasteiger partial charge on any atom is 0.241 e. The molecule has 7 heteroatoms. The Hall–Kier alpha value is -0.730. The van der Waals surface area contributed by atoms with E-state index in [0.29, 0.717) is 15.6 Å². The van der Waals surface area contributed by atoms with Crippen LogP contribution in [0.4, 0.5) is 0 Å². The number of sulfonamides is 1. The van der Waals surface area contributed by atoms with Crippen molar-refractivity contribution >= 4 is 37.3 Å².